The second-order valence-electron chi connectivity index (χ2n) is 5.10. The third kappa shape index (κ3) is 5.35. The number of hydrogen-bond donors (Lipinski definition) is 1. The molecule has 0 atom stereocenters. The Balaban J connectivity index is 2.20. The van der Waals surface area contributed by atoms with Gasteiger partial charge in [-0.25, -0.2) is 0 Å². The first kappa shape index (κ1) is 20.5. The number of nitriles is 1. The summed E-state index contributed by atoms with van der Waals surface area (Å²) in [5.74, 6) is 1.04. The monoisotopic (exact) mass is 574 g/mol. The maximum Gasteiger partial charge on any atom is 0.266 e. The van der Waals surface area contributed by atoms with Gasteiger partial charge in [-0.15, -0.1) is 0 Å². The van der Waals surface area contributed by atoms with Crippen molar-refractivity contribution in [1.82, 2.24) is 0 Å². The highest BCUT2D eigenvalue weighted by atomic mass is 127. The molecule has 0 heterocycles. The number of ether oxygens (including phenoxy) is 2. The average Bonchev–Trinajstić information content (AvgIpc) is 2.61. The largest absolute Gasteiger partial charge is 0.495 e. The van der Waals surface area contributed by atoms with E-state index in [1.807, 2.05) is 25.1 Å². The van der Waals surface area contributed by atoms with E-state index in [1.165, 1.54) is 0 Å². The number of benzene rings is 2. The van der Waals surface area contributed by atoms with Gasteiger partial charge in [-0.05, 0) is 100 Å². The van der Waals surface area contributed by atoms with Crippen LogP contribution in [0.4, 0.5) is 5.69 Å². The topological polar surface area (TPSA) is 71.3 Å². The van der Waals surface area contributed by atoms with E-state index in [0.29, 0.717) is 12.3 Å². The van der Waals surface area contributed by atoms with Crippen LogP contribution in [0, 0.1) is 18.5 Å². The summed E-state index contributed by atoms with van der Waals surface area (Å²) in [6, 6.07) is 12.7. The third-order valence-electron chi connectivity index (χ3n) is 3.32. The van der Waals surface area contributed by atoms with Crippen molar-refractivity contribution >= 4 is 62.9 Å². The third-order valence-corrected chi connectivity index (χ3v) is 4.93. The first-order valence-corrected chi connectivity index (χ1v) is 9.83. The zero-order valence-corrected chi connectivity index (χ0v) is 18.5. The average molecular weight is 574 g/mol. The summed E-state index contributed by atoms with van der Waals surface area (Å²) < 4.78 is 12.5. The molecule has 0 spiro atoms. The number of methoxy groups -OCH3 is 1. The molecule has 26 heavy (non-hydrogen) atoms. The standard InChI is InChI=1S/C19H16I2N2O3/c1-3-26-15-6-4-14(5-7-15)23-19(24)13(11-22)8-12-9-16(20)18(25-2)17(21)10-12/h4-10H,3H2,1-2H3,(H,23,24)/b13-8-. The molecule has 0 aromatic heterocycles. The van der Waals surface area contributed by atoms with Crippen molar-refractivity contribution in [2.75, 3.05) is 19.0 Å². The highest BCUT2D eigenvalue weighted by Crippen LogP contribution is 2.29. The molecule has 2 aromatic rings. The van der Waals surface area contributed by atoms with Gasteiger partial charge < -0.3 is 14.8 Å². The molecule has 0 aliphatic rings. The lowest BCUT2D eigenvalue weighted by atomic mass is 10.1. The van der Waals surface area contributed by atoms with Crippen LogP contribution in [0.3, 0.4) is 0 Å². The van der Waals surface area contributed by atoms with E-state index in [-0.39, 0.29) is 5.57 Å². The van der Waals surface area contributed by atoms with Gasteiger partial charge in [-0.3, -0.25) is 4.79 Å². The lowest BCUT2D eigenvalue weighted by Crippen LogP contribution is -2.13. The molecule has 2 aromatic carbocycles. The van der Waals surface area contributed by atoms with Gasteiger partial charge in [0.25, 0.3) is 5.91 Å². The molecule has 0 saturated heterocycles. The Morgan fingerprint density at radius 3 is 2.35 bits per heavy atom. The fourth-order valence-electron chi connectivity index (χ4n) is 2.17. The first-order chi connectivity index (χ1) is 12.5. The Morgan fingerprint density at radius 2 is 1.85 bits per heavy atom. The lowest BCUT2D eigenvalue weighted by molar-refractivity contribution is -0.112. The second-order valence-corrected chi connectivity index (χ2v) is 7.42. The number of nitrogens with one attached hydrogen (secondary N) is 1. The molecule has 134 valence electrons. The highest BCUT2D eigenvalue weighted by molar-refractivity contribution is 14.1. The molecule has 0 bridgehead atoms. The number of hydrogen-bond acceptors (Lipinski definition) is 4. The van der Waals surface area contributed by atoms with E-state index in [2.05, 4.69) is 50.5 Å². The molecule has 0 aliphatic carbocycles. The fraction of sp³-hybridized carbons (Fsp3) is 0.158. The number of carbonyl (C=O) groups is 1. The van der Waals surface area contributed by atoms with Crippen LogP contribution in [-0.4, -0.2) is 19.6 Å². The summed E-state index contributed by atoms with van der Waals surface area (Å²) in [5.41, 5.74) is 1.38. The Labute approximate surface area is 179 Å². The quantitative estimate of drug-likeness (QED) is 0.305. The molecule has 5 nitrogen and oxygen atoms in total. The molecule has 0 aliphatic heterocycles. The van der Waals surface area contributed by atoms with Crippen molar-refractivity contribution in [1.29, 1.82) is 5.26 Å². The van der Waals surface area contributed by atoms with Crippen LogP contribution in [0.15, 0.2) is 42.0 Å². The fourth-order valence-corrected chi connectivity index (χ4v) is 4.43. The smallest absolute Gasteiger partial charge is 0.266 e. The van der Waals surface area contributed by atoms with Crippen LogP contribution in [0.5, 0.6) is 11.5 Å². The van der Waals surface area contributed by atoms with Crippen molar-refractivity contribution < 1.29 is 14.3 Å². The van der Waals surface area contributed by atoms with Gasteiger partial charge in [0, 0.05) is 5.69 Å². The molecular formula is C19H16I2N2O3. The number of halogens is 2. The number of anilines is 1. The van der Waals surface area contributed by atoms with Gasteiger partial charge in [0.2, 0.25) is 0 Å². The Bertz CT molecular complexity index is 848. The summed E-state index contributed by atoms with van der Waals surface area (Å²) in [7, 11) is 1.61. The van der Waals surface area contributed by atoms with E-state index in [0.717, 1.165) is 24.2 Å². The van der Waals surface area contributed by atoms with Crippen molar-refractivity contribution in [3.63, 3.8) is 0 Å². The van der Waals surface area contributed by atoms with E-state index in [1.54, 1.807) is 37.5 Å². The molecular weight excluding hydrogens is 558 g/mol. The molecule has 0 radical (unpaired) electrons. The van der Waals surface area contributed by atoms with Crippen molar-refractivity contribution in [2.24, 2.45) is 0 Å². The van der Waals surface area contributed by atoms with Gasteiger partial charge in [-0.1, -0.05) is 0 Å². The van der Waals surface area contributed by atoms with Crippen LogP contribution in [0.25, 0.3) is 6.08 Å². The van der Waals surface area contributed by atoms with E-state index < -0.39 is 5.91 Å². The number of carbonyl (C=O) groups excluding carboxylic acids is 1. The summed E-state index contributed by atoms with van der Waals surface area (Å²) in [6.07, 6.45) is 1.56. The summed E-state index contributed by atoms with van der Waals surface area (Å²) in [6.45, 7) is 2.48. The minimum absolute atomic E-state index is 0.0238. The maximum absolute atomic E-state index is 12.4. The van der Waals surface area contributed by atoms with Crippen LogP contribution >= 0.6 is 45.2 Å². The van der Waals surface area contributed by atoms with Gasteiger partial charge >= 0.3 is 0 Å². The van der Waals surface area contributed by atoms with Crippen molar-refractivity contribution in [3.8, 4) is 17.6 Å². The molecule has 7 heteroatoms. The maximum atomic E-state index is 12.4. The molecule has 0 fully saturated rings. The SMILES string of the molecule is CCOc1ccc(NC(=O)/C(C#N)=C\c2cc(I)c(OC)c(I)c2)cc1. The minimum atomic E-state index is -0.461. The molecule has 1 amide bonds. The lowest BCUT2D eigenvalue weighted by Gasteiger charge is -2.08. The summed E-state index contributed by atoms with van der Waals surface area (Å²) in [4.78, 5) is 12.4. The molecule has 0 saturated carbocycles. The van der Waals surface area contributed by atoms with E-state index in [4.69, 9.17) is 9.47 Å². The van der Waals surface area contributed by atoms with Gasteiger partial charge in [-0.2, -0.15) is 5.26 Å². The highest BCUT2D eigenvalue weighted by Gasteiger charge is 2.12. The predicted octanol–water partition coefficient (Wildman–Crippen LogP) is 4.85. The van der Waals surface area contributed by atoms with Crippen LogP contribution in [0.2, 0.25) is 0 Å². The molecule has 2 rings (SSSR count). The Hall–Kier alpha value is -1.80. The second kappa shape index (κ2) is 9.78. The molecule has 0 unspecified atom stereocenters. The Kier molecular flexibility index (Phi) is 7.71. The summed E-state index contributed by atoms with van der Waals surface area (Å²) >= 11 is 4.32. The Morgan fingerprint density at radius 1 is 1.23 bits per heavy atom. The normalized spacial score (nSPS) is 10.8. The van der Waals surface area contributed by atoms with Crippen LogP contribution in [0.1, 0.15) is 12.5 Å². The number of rotatable bonds is 6. The molecule has 1 N–H and O–H groups in total. The number of nitrogens with zero attached hydrogens (tertiary/aromatic N) is 1. The first-order valence-electron chi connectivity index (χ1n) is 7.67. The minimum Gasteiger partial charge on any atom is -0.495 e. The van der Waals surface area contributed by atoms with E-state index >= 15 is 0 Å². The zero-order chi connectivity index (χ0) is 19.1. The summed E-state index contributed by atoms with van der Waals surface area (Å²) in [5, 5.41) is 12.1. The van der Waals surface area contributed by atoms with Crippen LogP contribution in [-0.2, 0) is 4.79 Å². The van der Waals surface area contributed by atoms with E-state index in [9.17, 15) is 10.1 Å². The van der Waals surface area contributed by atoms with Gasteiger partial charge in [0.15, 0.2) is 0 Å². The zero-order valence-electron chi connectivity index (χ0n) is 14.2. The van der Waals surface area contributed by atoms with Crippen molar-refractivity contribution in [3.05, 3.63) is 54.7 Å². The van der Waals surface area contributed by atoms with Gasteiger partial charge in [0.1, 0.15) is 23.1 Å². The van der Waals surface area contributed by atoms with Gasteiger partial charge in [0.05, 0.1) is 20.9 Å². The van der Waals surface area contributed by atoms with Crippen molar-refractivity contribution in [2.45, 2.75) is 6.92 Å². The predicted molar refractivity (Wildman–Crippen MR) is 118 cm³/mol. The van der Waals surface area contributed by atoms with Crippen LogP contribution < -0.4 is 14.8 Å². The number of amides is 1.